The molecule has 4 N–H and O–H groups in total. The molecule has 7 nitrogen and oxygen atoms in total. The maximum atomic E-state index is 12.3. The van der Waals surface area contributed by atoms with E-state index in [0.717, 1.165) is 19.3 Å². The summed E-state index contributed by atoms with van der Waals surface area (Å²) in [5.74, 6) is -2.31. The average molecular weight is 286 g/mol. The van der Waals surface area contributed by atoms with Crippen LogP contribution in [0.2, 0.25) is 0 Å². The predicted octanol–water partition coefficient (Wildman–Crippen LogP) is 0.0281. The van der Waals surface area contributed by atoms with Gasteiger partial charge in [0.15, 0.2) is 0 Å². The van der Waals surface area contributed by atoms with Crippen LogP contribution in [0, 0.1) is 5.41 Å². The number of hydrogen-bond acceptors (Lipinski definition) is 5. The summed E-state index contributed by atoms with van der Waals surface area (Å²) in [7, 11) is 1.17. The third kappa shape index (κ3) is 3.93. The van der Waals surface area contributed by atoms with E-state index >= 15 is 0 Å². The van der Waals surface area contributed by atoms with Gasteiger partial charge in [-0.2, -0.15) is 0 Å². The van der Waals surface area contributed by atoms with Crippen LogP contribution in [0.1, 0.15) is 38.5 Å². The Hall–Kier alpha value is -1.63. The van der Waals surface area contributed by atoms with E-state index in [4.69, 9.17) is 10.8 Å². The smallest absolute Gasteiger partial charge is 0.326 e. The minimum atomic E-state index is -1.28. The van der Waals surface area contributed by atoms with Crippen molar-refractivity contribution in [1.82, 2.24) is 5.32 Å². The lowest BCUT2D eigenvalue weighted by Crippen LogP contribution is -2.52. The number of rotatable bonds is 6. The van der Waals surface area contributed by atoms with Crippen molar-refractivity contribution >= 4 is 17.8 Å². The van der Waals surface area contributed by atoms with E-state index in [9.17, 15) is 14.4 Å². The minimum absolute atomic E-state index is 0.184. The lowest BCUT2D eigenvalue weighted by Gasteiger charge is -2.35. The largest absolute Gasteiger partial charge is 0.480 e. The molecular weight excluding hydrogens is 264 g/mol. The molecular formula is C13H22N2O5. The third-order valence-corrected chi connectivity index (χ3v) is 3.88. The molecule has 0 unspecified atom stereocenters. The molecule has 0 aromatic carbocycles. The van der Waals surface area contributed by atoms with Gasteiger partial charge in [0.1, 0.15) is 6.04 Å². The number of carbonyl (C=O) groups is 3. The molecule has 20 heavy (non-hydrogen) atoms. The fourth-order valence-electron chi connectivity index (χ4n) is 2.51. The van der Waals surface area contributed by atoms with Crippen LogP contribution in [0.5, 0.6) is 0 Å². The predicted molar refractivity (Wildman–Crippen MR) is 70.8 cm³/mol. The van der Waals surface area contributed by atoms with Gasteiger partial charge in [-0.3, -0.25) is 9.59 Å². The highest BCUT2D eigenvalue weighted by Gasteiger charge is 2.40. The summed E-state index contributed by atoms with van der Waals surface area (Å²) < 4.78 is 4.43. The lowest BCUT2D eigenvalue weighted by molar-refractivity contribution is -0.150. The number of aliphatic carboxylic acids is 1. The van der Waals surface area contributed by atoms with Crippen molar-refractivity contribution in [1.29, 1.82) is 0 Å². The molecule has 1 amide bonds. The second kappa shape index (κ2) is 7.23. The number of carbonyl (C=O) groups excluding carboxylic acids is 2. The van der Waals surface area contributed by atoms with Gasteiger partial charge in [0.05, 0.1) is 18.9 Å². The number of ether oxygens (including phenoxy) is 1. The number of nitrogens with two attached hydrogens (primary N) is 1. The van der Waals surface area contributed by atoms with Gasteiger partial charge >= 0.3 is 11.9 Å². The van der Waals surface area contributed by atoms with Crippen LogP contribution >= 0.6 is 0 Å². The Bertz CT molecular complexity index is 377. The molecule has 0 saturated heterocycles. The quantitative estimate of drug-likeness (QED) is 0.593. The summed E-state index contributed by atoms with van der Waals surface area (Å²) in [6, 6.07) is -1.28. The highest BCUT2D eigenvalue weighted by atomic mass is 16.5. The Morgan fingerprint density at radius 2 is 1.90 bits per heavy atom. The van der Waals surface area contributed by atoms with E-state index in [-0.39, 0.29) is 12.5 Å². The van der Waals surface area contributed by atoms with Crippen molar-refractivity contribution < 1.29 is 24.2 Å². The summed E-state index contributed by atoms with van der Waals surface area (Å²) in [4.78, 5) is 34.6. The number of esters is 1. The van der Waals surface area contributed by atoms with E-state index < -0.39 is 29.8 Å². The van der Waals surface area contributed by atoms with Crippen LogP contribution in [0.25, 0.3) is 0 Å². The number of hydrogen-bond donors (Lipinski definition) is 3. The molecule has 1 aliphatic carbocycles. The zero-order chi connectivity index (χ0) is 15.2. The Morgan fingerprint density at radius 3 is 2.35 bits per heavy atom. The van der Waals surface area contributed by atoms with Gasteiger partial charge in [0, 0.05) is 6.54 Å². The highest BCUT2D eigenvalue weighted by Crippen LogP contribution is 2.35. The van der Waals surface area contributed by atoms with Crippen molar-refractivity contribution in [3.8, 4) is 0 Å². The third-order valence-electron chi connectivity index (χ3n) is 3.88. The molecule has 0 aliphatic heterocycles. The lowest BCUT2D eigenvalue weighted by atomic mass is 9.73. The molecule has 0 bridgehead atoms. The fraction of sp³-hybridized carbons (Fsp3) is 0.769. The normalized spacial score (nSPS) is 18.9. The second-order valence-electron chi connectivity index (χ2n) is 5.19. The Labute approximate surface area is 117 Å². The summed E-state index contributed by atoms with van der Waals surface area (Å²) >= 11 is 0. The van der Waals surface area contributed by atoms with Crippen LogP contribution in [-0.4, -0.2) is 42.6 Å². The first-order valence-electron chi connectivity index (χ1n) is 6.76. The molecule has 1 saturated carbocycles. The Balaban J connectivity index is 2.73. The van der Waals surface area contributed by atoms with Crippen molar-refractivity contribution in [2.75, 3.05) is 13.7 Å². The number of carboxylic acid groups (broad SMARTS) is 1. The van der Waals surface area contributed by atoms with Gasteiger partial charge in [-0.15, -0.1) is 0 Å². The summed E-state index contributed by atoms with van der Waals surface area (Å²) in [6.07, 6.45) is 3.77. The summed E-state index contributed by atoms with van der Waals surface area (Å²) in [5, 5.41) is 11.5. The first-order valence-corrected chi connectivity index (χ1v) is 6.76. The van der Waals surface area contributed by atoms with E-state index in [1.807, 2.05) is 0 Å². The topological polar surface area (TPSA) is 119 Å². The van der Waals surface area contributed by atoms with Gasteiger partial charge < -0.3 is 20.9 Å². The maximum absolute atomic E-state index is 12.3. The number of methoxy groups -OCH3 is 1. The van der Waals surface area contributed by atoms with E-state index in [0.29, 0.717) is 12.8 Å². The number of nitrogens with one attached hydrogen (secondary N) is 1. The molecule has 1 fully saturated rings. The molecule has 1 aliphatic rings. The summed E-state index contributed by atoms with van der Waals surface area (Å²) in [5.41, 5.74) is 5.01. The van der Waals surface area contributed by atoms with E-state index in [2.05, 4.69) is 10.1 Å². The van der Waals surface area contributed by atoms with Crippen LogP contribution in [0.15, 0.2) is 0 Å². The minimum Gasteiger partial charge on any atom is -0.480 e. The molecule has 0 aromatic rings. The van der Waals surface area contributed by atoms with Crippen molar-refractivity contribution in [2.45, 2.75) is 44.6 Å². The Morgan fingerprint density at radius 1 is 1.30 bits per heavy atom. The second-order valence-corrected chi connectivity index (χ2v) is 5.19. The van der Waals surface area contributed by atoms with Crippen LogP contribution < -0.4 is 11.1 Å². The molecule has 0 spiro atoms. The van der Waals surface area contributed by atoms with Gasteiger partial charge in [-0.1, -0.05) is 19.3 Å². The highest BCUT2D eigenvalue weighted by molar-refractivity contribution is 5.90. The van der Waals surface area contributed by atoms with Crippen molar-refractivity contribution in [3.63, 3.8) is 0 Å². The van der Waals surface area contributed by atoms with Crippen LogP contribution in [0.3, 0.4) is 0 Å². The first kappa shape index (κ1) is 16.4. The zero-order valence-corrected chi connectivity index (χ0v) is 11.7. The van der Waals surface area contributed by atoms with Gasteiger partial charge in [-0.25, -0.2) is 4.79 Å². The van der Waals surface area contributed by atoms with E-state index in [1.54, 1.807) is 0 Å². The fourth-order valence-corrected chi connectivity index (χ4v) is 2.51. The van der Waals surface area contributed by atoms with Crippen LogP contribution in [-0.2, 0) is 19.1 Å². The Kier molecular flexibility index (Phi) is 5.94. The van der Waals surface area contributed by atoms with E-state index in [1.165, 1.54) is 7.11 Å². The molecule has 1 rings (SSSR count). The SMILES string of the molecule is COC(=O)C[C@H](NC(=O)C1(CN)CCCCC1)C(=O)O. The standard InChI is InChI=1S/C13H22N2O5/c1-20-10(16)7-9(11(17)18)15-12(19)13(8-14)5-3-2-4-6-13/h9H,2-8,14H2,1H3,(H,15,19)(H,17,18)/t9-/m0/s1. The van der Waals surface area contributed by atoms with Gasteiger partial charge in [0.2, 0.25) is 5.91 Å². The molecule has 0 radical (unpaired) electrons. The summed E-state index contributed by atoms with van der Waals surface area (Å²) in [6.45, 7) is 0.184. The average Bonchev–Trinajstić information content (AvgIpc) is 2.46. The number of carboxylic acids is 1. The van der Waals surface area contributed by atoms with Crippen molar-refractivity contribution in [3.05, 3.63) is 0 Å². The first-order chi connectivity index (χ1) is 9.45. The molecule has 0 aromatic heterocycles. The van der Waals surface area contributed by atoms with Crippen molar-refractivity contribution in [2.24, 2.45) is 11.1 Å². The molecule has 0 heterocycles. The van der Waals surface area contributed by atoms with Gasteiger partial charge in [-0.05, 0) is 12.8 Å². The maximum Gasteiger partial charge on any atom is 0.326 e. The molecule has 114 valence electrons. The number of amides is 1. The zero-order valence-electron chi connectivity index (χ0n) is 11.7. The molecule has 1 atom stereocenters. The monoisotopic (exact) mass is 286 g/mol. The molecule has 7 heteroatoms. The van der Waals surface area contributed by atoms with Gasteiger partial charge in [0.25, 0.3) is 0 Å². The van der Waals surface area contributed by atoms with Crippen LogP contribution in [0.4, 0.5) is 0 Å².